The van der Waals surface area contributed by atoms with Gasteiger partial charge in [-0.2, -0.15) is 0 Å². The van der Waals surface area contributed by atoms with Gasteiger partial charge in [0.05, 0.1) is 5.69 Å². The van der Waals surface area contributed by atoms with Gasteiger partial charge < -0.3 is 24.5 Å². The van der Waals surface area contributed by atoms with Gasteiger partial charge in [-0.25, -0.2) is 9.37 Å². The number of benzene rings is 2. The third-order valence-electron chi connectivity index (χ3n) is 4.77. The van der Waals surface area contributed by atoms with Gasteiger partial charge in [0.25, 0.3) is 0 Å². The fourth-order valence-corrected chi connectivity index (χ4v) is 3.19. The Morgan fingerprint density at radius 1 is 1.06 bits per heavy atom. The van der Waals surface area contributed by atoms with Crippen LogP contribution in [0.3, 0.4) is 0 Å². The van der Waals surface area contributed by atoms with Gasteiger partial charge in [-0.3, -0.25) is 4.99 Å². The number of guanidine groups is 1. The smallest absolute Gasteiger partial charge is 0.231 e. The molecule has 0 saturated carbocycles. The van der Waals surface area contributed by atoms with E-state index in [9.17, 15) is 4.39 Å². The molecule has 7 nitrogen and oxygen atoms in total. The van der Waals surface area contributed by atoms with Crippen LogP contribution in [0.15, 0.2) is 58.1 Å². The molecule has 1 aliphatic heterocycles. The number of halogens is 2. The predicted molar refractivity (Wildman–Crippen MR) is 131 cm³/mol. The van der Waals surface area contributed by atoms with Gasteiger partial charge in [-0.15, -0.1) is 24.0 Å². The number of fused-ring (bicyclic) bond motifs is 1. The molecule has 2 N–H and O–H groups in total. The van der Waals surface area contributed by atoms with E-state index in [4.69, 9.17) is 13.9 Å². The second-order valence-electron chi connectivity index (χ2n) is 7.03. The number of nitrogens with zero attached hydrogens (tertiary/aromatic N) is 2. The van der Waals surface area contributed by atoms with Crippen LogP contribution in [-0.4, -0.2) is 37.4 Å². The molecule has 0 amide bonds. The van der Waals surface area contributed by atoms with Gasteiger partial charge in [0.2, 0.25) is 12.7 Å². The number of rotatable bonds is 8. The standard InChI is InChI=1S/C23H25FN4O3.HI/c1-2-25-23(26-11-9-16-3-8-20-21(13-16)31-15-30-20)27-12-10-19-14-29-22(28-19)17-4-6-18(24)7-5-17;/h3-8,13-14H,2,9-12,15H2,1H3,(H2,25,26,27);1H. The molecular formula is C23H26FIN4O3. The van der Waals surface area contributed by atoms with E-state index in [1.54, 1.807) is 18.4 Å². The number of oxazole rings is 1. The number of aliphatic imine (C=N–C) groups is 1. The molecule has 9 heteroatoms. The molecule has 32 heavy (non-hydrogen) atoms. The van der Waals surface area contributed by atoms with E-state index in [2.05, 4.69) is 20.6 Å². The highest BCUT2D eigenvalue weighted by Crippen LogP contribution is 2.32. The SMILES string of the molecule is CCNC(=NCCc1coc(-c2ccc(F)cc2)n1)NCCc1ccc2c(c1)OCO2.I. The number of aromatic nitrogens is 1. The van der Waals surface area contributed by atoms with Crippen molar-refractivity contribution in [2.75, 3.05) is 26.4 Å². The normalized spacial score (nSPS) is 12.4. The maximum atomic E-state index is 13.1. The van der Waals surface area contributed by atoms with E-state index in [-0.39, 0.29) is 36.6 Å². The number of ether oxygens (including phenoxy) is 2. The minimum absolute atomic E-state index is 0. The van der Waals surface area contributed by atoms with Crippen molar-refractivity contribution in [3.63, 3.8) is 0 Å². The second kappa shape index (κ2) is 11.7. The van der Waals surface area contributed by atoms with E-state index in [0.29, 0.717) is 18.9 Å². The first-order chi connectivity index (χ1) is 15.2. The predicted octanol–water partition coefficient (Wildman–Crippen LogP) is 4.17. The minimum Gasteiger partial charge on any atom is -0.454 e. The quantitative estimate of drug-likeness (QED) is 0.248. The molecule has 1 aromatic heterocycles. The summed E-state index contributed by atoms with van der Waals surface area (Å²) in [5, 5.41) is 6.59. The zero-order chi connectivity index (χ0) is 21.5. The van der Waals surface area contributed by atoms with E-state index >= 15 is 0 Å². The van der Waals surface area contributed by atoms with Crippen LogP contribution in [0, 0.1) is 5.82 Å². The van der Waals surface area contributed by atoms with Gasteiger partial charge in [-0.05, 0) is 55.3 Å². The summed E-state index contributed by atoms with van der Waals surface area (Å²) in [5.74, 6) is 2.54. The largest absolute Gasteiger partial charge is 0.454 e. The summed E-state index contributed by atoms with van der Waals surface area (Å²) in [6.07, 6.45) is 3.10. The van der Waals surface area contributed by atoms with Crippen molar-refractivity contribution >= 4 is 29.9 Å². The average Bonchev–Trinajstić information content (AvgIpc) is 3.43. The zero-order valence-electron chi connectivity index (χ0n) is 17.8. The molecule has 1 aliphatic rings. The monoisotopic (exact) mass is 552 g/mol. The van der Waals surface area contributed by atoms with Crippen molar-refractivity contribution in [1.82, 2.24) is 15.6 Å². The number of nitrogens with one attached hydrogen (secondary N) is 2. The van der Waals surface area contributed by atoms with E-state index in [1.807, 2.05) is 25.1 Å². The Bertz CT molecular complexity index is 1040. The second-order valence-corrected chi connectivity index (χ2v) is 7.03. The summed E-state index contributed by atoms with van der Waals surface area (Å²) < 4.78 is 29.3. The molecule has 0 atom stereocenters. The Kier molecular flexibility index (Phi) is 8.72. The van der Waals surface area contributed by atoms with Crippen molar-refractivity contribution in [1.29, 1.82) is 0 Å². The van der Waals surface area contributed by atoms with Gasteiger partial charge in [0, 0.05) is 31.6 Å². The van der Waals surface area contributed by atoms with Gasteiger partial charge in [-0.1, -0.05) is 6.07 Å². The molecule has 0 unspecified atom stereocenters. The van der Waals surface area contributed by atoms with E-state index in [1.165, 1.54) is 17.7 Å². The summed E-state index contributed by atoms with van der Waals surface area (Å²) in [4.78, 5) is 9.07. The third-order valence-corrected chi connectivity index (χ3v) is 4.77. The first-order valence-corrected chi connectivity index (χ1v) is 10.3. The summed E-state index contributed by atoms with van der Waals surface area (Å²) in [7, 11) is 0. The van der Waals surface area contributed by atoms with E-state index in [0.717, 1.165) is 48.2 Å². The Labute approximate surface area is 203 Å². The molecule has 3 aromatic rings. The van der Waals surface area contributed by atoms with Crippen LogP contribution in [0.2, 0.25) is 0 Å². The molecule has 4 rings (SSSR count). The van der Waals surface area contributed by atoms with Gasteiger partial charge >= 0.3 is 0 Å². The number of hydrogen-bond donors (Lipinski definition) is 2. The molecule has 0 saturated heterocycles. The fraction of sp³-hybridized carbons (Fsp3) is 0.304. The molecule has 0 fully saturated rings. The lowest BCUT2D eigenvalue weighted by Crippen LogP contribution is -2.38. The molecular weight excluding hydrogens is 526 g/mol. The van der Waals surface area contributed by atoms with Crippen molar-refractivity contribution in [3.05, 3.63) is 65.8 Å². The van der Waals surface area contributed by atoms with Crippen LogP contribution < -0.4 is 20.1 Å². The minimum atomic E-state index is -0.285. The average molecular weight is 552 g/mol. The summed E-state index contributed by atoms with van der Waals surface area (Å²) in [5.41, 5.74) is 2.72. The van der Waals surface area contributed by atoms with Crippen LogP contribution in [0.1, 0.15) is 18.2 Å². The topological polar surface area (TPSA) is 80.9 Å². The van der Waals surface area contributed by atoms with Crippen LogP contribution >= 0.6 is 24.0 Å². The lowest BCUT2D eigenvalue weighted by molar-refractivity contribution is 0.174. The first kappa shape index (κ1) is 23.8. The fourth-order valence-electron chi connectivity index (χ4n) is 3.19. The summed E-state index contributed by atoms with van der Waals surface area (Å²) >= 11 is 0. The van der Waals surface area contributed by atoms with Crippen LogP contribution in [0.4, 0.5) is 4.39 Å². The lowest BCUT2D eigenvalue weighted by atomic mass is 10.1. The Balaban J connectivity index is 0.00000289. The zero-order valence-corrected chi connectivity index (χ0v) is 20.1. The molecule has 2 aromatic carbocycles. The van der Waals surface area contributed by atoms with Crippen LogP contribution in [0.25, 0.3) is 11.5 Å². The number of hydrogen-bond acceptors (Lipinski definition) is 5. The van der Waals surface area contributed by atoms with Gasteiger partial charge in [0.15, 0.2) is 17.5 Å². The first-order valence-electron chi connectivity index (χ1n) is 10.3. The lowest BCUT2D eigenvalue weighted by Gasteiger charge is -2.11. The van der Waals surface area contributed by atoms with Crippen molar-refractivity contribution in [2.24, 2.45) is 4.99 Å². The highest BCUT2D eigenvalue weighted by atomic mass is 127. The molecule has 0 bridgehead atoms. The maximum absolute atomic E-state index is 13.1. The third kappa shape index (κ3) is 6.35. The van der Waals surface area contributed by atoms with Crippen molar-refractivity contribution in [3.8, 4) is 23.0 Å². The summed E-state index contributed by atoms with van der Waals surface area (Å²) in [6.45, 7) is 4.39. The Hall–Kier alpha value is -2.82. The van der Waals surface area contributed by atoms with Crippen molar-refractivity contribution in [2.45, 2.75) is 19.8 Å². The Morgan fingerprint density at radius 3 is 2.69 bits per heavy atom. The molecule has 0 aliphatic carbocycles. The summed E-state index contributed by atoms with van der Waals surface area (Å²) in [6, 6.07) is 12.1. The molecule has 2 heterocycles. The molecule has 0 radical (unpaired) electrons. The van der Waals surface area contributed by atoms with Crippen LogP contribution in [0.5, 0.6) is 11.5 Å². The molecule has 0 spiro atoms. The maximum Gasteiger partial charge on any atom is 0.231 e. The van der Waals surface area contributed by atoms with E-state index < -0.39 is 0 Å². The highest BCUT2D eigenvalue weighted by molar-refractivity contribution is 14.0. The Morgan fingerprint density at radius 2 is 1.88 bits per heavy atom. The van der Waals surface area contributed by atoms with Crippen LogP contribution in [-0.2, 0) is 12.8 Å². The van der Waals surface area contributed by atoms with Crippen molar-refractivity contribution < 1.29 is 18.3 Å². The van der Waals surface area contributed by atoms with Gasteiger partial charge in [0.1, 0.15) is 12.1 Å². The highest BCUT2D eigenvalue weighted by Gasteiger charge is 2.13. The molecule has 170 valence electrons.